The Hall–Kier alpha value is -1.75. The Morgan fingerprint density at radius 1 is 1.60 bits per heavy atom. The van der Waals surface area contributed by atoms with Crippen LogP contribution in [0.15, 0.2) is 36.0 Å². The van der Waals surface area contributed by atoms with Gasteiger partial charge in [-0.05, 0) is 31.9 Å². The molecule has 1 atom stereocenters. The zero-order chi connectivity index (χ0) is 14.7. The number of carbonyl (C=O) groups is 1. The number of thioether (sulfide) groups is 1. The number of fused-ring (bicyclic) bond motifs is 1. The second kappa shape index (κ2) is 6.13. The van der Waals surface area contributed by atoms with Crippen molar-refractivity contribution >= 4 is 28.8 Å². The van der Waals surface area contributed by atoms with Crippen LogP contribution in [0.5, 0.6) is 0 Å². The number of hydrogen-bond donors (Lipinski definition) is 1. The molecule has 0 aliphatic carbocycles. The lowest BCUT2D eigenvalue weighted by Crippen LogP contribution is -2.07. The SMILES string of the molecule is C=CCC(C)n1c(SCC(=O)O)nc2c(C)cccc21. The van der Waals surface area contributed by atoms with Gasteiger partial charge in [-0.3, -0.25) is 4.79 Å². The molecule has 0 saturated carbocycles. The summed E-state index contributed by atoms with van der Waals surface area (Å²) in [5.74, 6) is -0.815. The number of aryl methyl sites for hydroxylation is 1. The van der Waals surface area contributed by atoms with E-state index in [-0.39, 0.29) is 11.8 Å². The molecule has 2 rings (SSSR count). The van der Waals surface area contributed by atoms with Crippen molar-refractivity contribution < 1.29 is 9.90 Å². The molecule has 0 amide bonds. The molecular formula is C15H18N2O2S. The second-order valence-electron chi connectivity index (χ2n) is 4.76. The van der Waals surface area contributed by atoms with Crippen LogP contribution >= 0.6 is 11.8 Å². The topological polar surface area (TPSA) is 55.1 Å². The fourth-order valence-electron chi connectivity index (χ4n) is 2.24. The molecule has 1 heterocycles. The monoisotopic (exact) mass is 290 g/mol. The van der Waals surface area contributed by atoms with Crippen molar-refractivity contribution in [3.8, 4) is 0 Å². The van der Waals surface area contributed by atoms with Gasteiger partial charge in [-0.25, -0.2) is 4.98 Å². The Morgan fingerprint density at radius 2 is 2.35 bits per heavy atom. The number of nitrogens with zero attached hydrogens (tertiary/aromatic N) is 2. The van der Waals surface area contributed by atoms with Crippen LogP contribution in [0.4, 0.5) is 0 Å². The van der Waals surface area contributed by atoms with Crippen molar-refractivity contribution in [3.63, 3.8) is 0 Å². The maximum absolute atomic E-state index is 10.8. The van der Waals surface area contributed by atoms with Gasteiger partial charge < -0.3 is 9.67 Å². The van der Waals surface area contributed by atoms with Gasteiger partial charge in [0.05, 0.1) is 16.8 Å². The van der Waals surface area contributed by atoms with Crippen molar-refractivity contribution in [1.29, 1.82) is 0 Å². The van der Waals surface area contributed by atoms with Gasteiger partial charge in [0, 0.05) is 6.04 Å². The lowest BCUT2D eigenvalue weighted by Gasteiger charge is -2.15. The zero-order valence-electron chi connectivity index (χ0n) is 11.7. The molecule has 0 spiro atoms. The zero-order valence-corrected chi connectivity index (χ0v) is 12.5. The fraction of sp³-hybridized carbons (Fsp3) is 0.333. The van der Waals surface area contributed by atoms with Gasteiger partial charge >= 0.3 is 5.97 Å². The maximum atomic E-state index is 10.8. The van der Waals surface area contributed by atoms with Gasteiger partial charge in [-0.15, -0.1) is 6.58 Å². The average molecular weight is 290 g/mol. The Kier molecular flexibility index (Phi) is 4.49. The maximum Gasteiger partial charge on any atom is 0.313 e. The van der Waals surface area contributed by atoms with Crippen LogP contribution in [-0.2, 0) is 4.79 Å². The summed E-state index contributed by atoms with van der Waals surface area (Å²) in [5.41, 5.74) is 3.09. The summed E-state index contributed by atoms with van der Waals surface area (Å²) in [5, 5.41) is 9.62. The minimum Gasteiger partial charge on any atom is -0.481 e. The number of imidazole rings is 1. The first-order valence-corrected chi connectivity index (χ1v) is 7.46. The summed E-state index contributed by atoms with van der Waals surface area (Å²) < 4.78 is 2.11. The fourth-order valence-corrected chi connectivity index (χ4v) is 3.06. The van der Waals surface area contributed by atoms with E-state index in [1.54, 1.807) is 0 Å². The molecule has 0 bridgehead atoms. The number of allylic oxidation sites excluding steroid dienone is 1. The lowest BCUT2D eigenvalue weighted by molar-refractivity contribution is -0.133. The summed E-state index contributed by atoms with van der Waals surface area (Å²) in [6, 6.07) is 6.25. The predicted molar refractivity (Wildman–Crippen MR) is 82.4 cm³/mol. The minimum absolute atomic E-state index is 0.0170. The van der Waals surface area contributed by atoms with Crippen LogP contribution in [0.1, 0.15) is 24.9 Å². The summed E-state index contributed by atoms with van der Waals surface area (Å²) in [4.78, 5) is 15.4. The minimum atomic E-state index is -0.832. The molecule has 5 heteroatoms. The number of aliphatic carboxylic acids is 1. The molecule has 0 aliphatic heterocycles. The van der Waals surface area contributed by atoms with E-state index in [2.05, 4.69) is 23.1 Å². The first-order valence-electron chi connectivity index (χ1n) is 6.47. The average Bonchev–Trinajstić information content (AvgIpc) is 2.76. The van der Waals surface area contributed by atoms with Crippen molar-refractivity contribution in [3.05, 3.63) is 36.4 Å². The molecule has 1 N–H and O–H groups in total. The number of benzene rings is 1. The normalized spacial score (nSPS) is 12.5. The van der Waals surface area contributed by atoms with E-state index in [9.17, 15) is 4.79 Å². The third kappa shape index (κ3) is 2.88. The third-order valence-corrected chi connectivity index (χ3v) is 4.10. The molecule has 106 valence electrons. The van der Waals surface area contributed by atoms with Gasteiger partial charge in [-0.2, -0.15) is 0 Å². The van der Waals surface area contributed by atoms with Crippen LogP contribution in [0.2, 0.25) is 0 Å². The highest BCUT2D eigenvalue weighted by atomic mass is 32.2. The van der Waals surface area contributed by atoms with Gasteiger partial charge in [0.15, 0.2) is 5.16 Å². The Bertz CT molecular complexity index is 649. The Morgan fingerprint density at radius 3 is 3.00 bits per heavy atom. The van der Waals surface area contributed by atoms with Crippen LogP contribution in [-0.4, -0.2) is 26.4 Å². The quantitative estimate of drug-likeness (QED) is 0.651. The highest BCUT2D eigenvalue weighted by Gasteiger charge is 2.17. The van der Waals surface area contributed by atoms with Crippen LogP contribution in [0, 0.1) is 6.92 Å². The summed E-state index contributed by atoms with van der Waals surface area (Å²) in [7, 11) is 0. The van der Waals surface area contributed by atoms with Gasteiger partial charge in [0.2, 0.25) is 0 Å². The number of rotatable bonds is 6. The van der Waals surface area contributed by atoms with Gasteiger partial charge in [0.1, 0.15) is 0 Å². The van der Waals surface area contributed by atoms with Crippen molar-refractivity contribution in [1.82, 2.24) is 9.55 Å². The molecule has 20 heavy (non-hydrogen) atoms. The largest absolute Gasteiger partial charge is 0.481 e. The molecular weight excluding hydrogens is 272 g/mol. The van der Waals surface area contributed by atoms with Crippen molar-refractivity contribution in [2.45, 2.75) is 31.5 Å². The molecule has 0 fully saturated rings. The molecule has 0 radical (unpaired) electrons. The number of aromatic nitrogens is 2. The number of hydrogen-bond acceptors (Lipinski definition) is 3. The summed E-state index contributed by atoms with van der Waals surface area (Å²) in [6.45, 7) is 7.89. The van der Waals surface area contributed by atoms with Crippen LogP contribution in [0.25, 0.3) is 11.0 Å². The molecule has 1 aromatic heterocycles. The van der Waals surface area contributed by atoms with Crippen molar-refractivity contribution in [2.24, 2.45) is 0 Å². The lowest BCUT2D eigenvalue weighted by atomic mass is 10.2. The molecule has 1 aromatic carbocycles. The highest BCUT2D eigenvalue weighted by molar-refractivity contribution is 7.99. The van der Waals surface area contributed by atoms with Crippen molar-refractivity contribution in [2.75, 3.05) is 5.75 Å². The van der Waals surface area contributed by atoms with E-state index in [0.717, 1.165) is 28.2 Å². The number of carboxylic acids is 1. The first-order chi connectivity index (χ1) is 9.54. The van der Waals surface area contributed by atoms with E-state index in [4.69, 9.17) is 5.11 Å². The Balaban J connectivity index is 2.53. The molecule has 0 saturated heterocycles. The number of carboxylic acid groups (broad SMARTS) is 1. The Labute approximate surface area is 122 Å². The van der Waals surface area contributed by atoms with Crippen LogP contribution < -0.4 is 0 Å². The summed E-state index contributed by atoms with van der Waals surface area (Å²) in [6.07, 6.45) is 2.69. The highest BCUT2D eigenvalue weighted by Crippen LogP contribution is 2.30. The van der Waals surface area contributed by atoms with Crippen LogP contribution in [0.3, 0.4) is 0 Å². The predicted octanol–water partition coefficient (Wildman–Crippen LogP) is 3.66. The smallest absolute Gasteiger partial charge is 0.313 e. The van der Waals surface area contributed by atoms with E-state index in [0.29, 0.717) is 0 Å². The third-order valence-electron chi connectivity index (χ3n) is 3.16. The number of para-hydroxylation sites is 1. The van der Waals surface area contributed by atoms with Gasteiger partial charge in [0.25, 0.3) is 0 Å². The molecule has 4 nitrogen and oxygen atoms in total. The standard InChI is InChI=1S/C15H18N2O2S/c1-4-6-11(3)17-12-8-5-7-10(2)14(12)16-15(17)20-9-13(18)19/h4-5,7-8,11H,1,6,9H2,2-3H3,(H,18,19). The molecule has 1 unspecified atom stereocenters. The summed E-state index contributed by atoms with van der Waals surface area (Å²) >= 11 is 1.26. The molecule has 0 aliphatic rings. The van der Waals surface area contributed by atoms with E-state index < -0.39 is 5.97 Å². The first kappa shape index (κ1) is 14.7. The van der Waals surface area contributed by atoms with E-state index in [1.807, 2.05) is 31.2 Å². The van der Waals surface area contributed by atoms with Gasteiger partial charge in [-0.1, -0.05) is 30.0 Å². The molecule has 2 aromatic rings. The second-order valence-corrected chi connectivity index (χ2v) is 5.71. The van der Waals surface area contributed by atoms with E-state index in [1.165, 1.54) is 11.8 Å². The van der Waals surface area contributed by atoms with E-state index >= 15 is 0 Å².